The molecule has 1 aliphatic rings. The van der Waals surface area contributed by atoms with Crippen LogP contribution in [0.15, 0.2) is 53.7 Å². The molecular formula is C19H17N5O3S. The van der Waals surface area contributed by atoms with Crippen LogP contribution in [0.5, 0.6) is 0 Å². The molecule has 2 heterocycles. The van der Waals surface area contributed by atoms with Crippen LogP contribution in [0.4, 0.5) is 11.4 Å². The lowest BCUT2D eigenvalue weighted by Gasteiger charge is -2.12. The summed E-state index contributed by atoms with van der Waals surface area (Å²) in [6, 6.07) is 14.0. The summed E-state index contributed by atoms with van der Waals surface area (Å²) in [6.07, 6.45) is 1.51. The minimum Gasteiger partial charge on any atom is -0.325 e. The Balaban J connectivity index is 1.53. The number of nitro benzene ring substituents is 1. The van der Waals surface area contributed by atoms with Crippen molar-refractivity contribution in [1.29, 1.82) is 0 Å². The van der Waals surface area contributed by atoms with Crippen molar-refractivity contribution in [1.82, 2.24) is 14.8 Å². The molecule has 0 fully saturated rings. The summed E-state index contributed by atoms with van der Waals surface area (Å²) in [4.78, 5) is 23.0. The first-order valence-corrected chi connectivity index (χ1v) is 9.60. The lowest BCUT2D eigenvalue weighted by molar-refractivity contribution is -0.384. The second kappa shape index (κ2) is 7.43. The third-order valence-electron chi connectivity index (χ3n) is 4.66. The second-order valence-corrected chi connectivity index (χ2v) is 7.63. The average Bonchev–Trinajstić information content (AvgIpc) is 2.97. The Morgan fingerprint density at radius 2 is 1.93 bits per heavy atom. The zero-order valence-electron chi connectivity index (χ0n) is 15.0. The number of aromatic nitrogens is 3. The smallest absolute Gasteiger partial charge is 0.269 e. The Kier molecular flexibility index (Phi) is 4.82. The van der Waals surface area contributed by atoms with Crippen molar-refractivity contribution < 1.29 is 9.72 Å². The third-order valence-corrected chi connectivity index (χ3v) is 5.96. The highest BCUT2D eigenvalue weighted by molar-refractivity contribution is 8.00. The molecule has 0 spiro atoms. The number of hydrogen-bond donors (Lipinski definition) is 1. The van der Waals surface area contributed by atoms with E-state index in [9.17, 15) is 14.9 Å². The van der Waals surface area contributed by atoms with Crippen molar-refractivity contribution in [3.8, 4) is 11.4 Å². The van der Waals surface area contributed by atoms with Crippen molar-refractivity contribution in [2.24, 2.45) is 7.05 Å². The van der Waals surface area contributed by atoms with Gasteiger partial charge >= 0.3 is 0 Å². The Morgan fingerprint density at radius 3 is 2.68 bits per heavy atom. The first-order chi connectivity index (χ1) is 13.5. The van der Waals surface area contributed by atoms with Crippen molar-refractivity contribution in [3.05, 3.63) is 64.2 Å². The largest absolute Gasteiger partial charge is 0.325 e. The van der Waals surface area contributed by atoms with E-state index in [1.807, 2.05) is 31.3 Å². The molecule has 1 N–H and O–H groups in total. The molecule has 0 aliphatic carbocycles. The van der Waals surface area contributed by atoms with Crippen molar-refractivity contribution >= 4 is 29.0 Å². The van der Waals surface area contributed by atoms with Gasteiger partial charge in [0.1, 0.15) is 0 Å². The number of rotatable bonds is 4. The summed E-state index contributed by atoms with van der Waals surface area (Å²) in [7, 11) is 1.82. The van der Waals surface area contributed by atoms with Gasteiger partial charge in [0.25, 0.3) is 5.69 Å². The number of hydrogen-bond acceptors (Lipinski definition) is 6. The lowest BCUT2D eigenvalue weighted by atomic mass is 10.1. The van der Waals surface area contributed by atoms with Gasteiger partial charge in [-0.15, -0.1) is 10.2 Å². The van der Waals surface area contributed by atoms with Crippen LogP contribution in [0, 0.1) is 10.1 Å². The van der Waals surface area contributed by atoms with Crippen LogP contribution >= 0.6 is 11.8 Å². The molecule has 0 saturated heterocycles. The number of fused-ring (bicyclic) bond motifs is 1. The van der Waals surface area contributed by atoms with Gasteiger partial charge in [-0.2, -0.15) is 0 Å². The molecule has 0 saturated carbocycles. The summed E-state index contributed by atoms with van der Waals surface area (Å²) in [5.74, 6) is 0.546. The number of anilines is 1. The molecule has 1 atom stereocenters. The molecule has 0 bridgehead atoms. The number of thioether (sulfide) groups is 1. The third kappa shape index (κ3) is 3.48. The molecule has 8 nitrogen and oxygen atoms in total. The molecule has 142 valence electrons. The van der Waals surface area contributed by atoms with E-state index in [4.69, 9.17) is 0 Å². The van der Waals surface area contributed by atoms with Crippen LogP contribution in [-0.2, 0) is 18.3 Å². The molecule has 1 unspecified atom stereocenters. The Bertz CT molecular complexity index is 1050. The van der Waals surface area contributed by atoms with Crippen LogP contribution in [0.25, 0.3) is 11.4 Å². The molecule has 0 radical (unpaired) electrons. The number of amides is 1. The minimum atomic E-state index is -0.440. The van der Waals surface area contributed by atoms with E-state index in [1.54, 1.807) is 16.7 Å². The Labute approximate surface area is 165 Å². The molecule has 2 aromatic carbocycles. The monoisotopic (exact) mass is 395 g/mol. The number of nitrogens with one attached hydrogen (secondary N) is 1. The van der Waals surface area contributed by atoms with Gasteiger partial charge in [-0.3, -0.25) is 14.9 Å². The van der Waals surface area contributed by atoms with Crippen molar-refractivity contribution in [2.45, 2.75) is 23.2 Å². The van der Waals surface area contributed by atoms with Crippen LogP contribution in [0.2, 0.25) is 0 Å². The number of carbonyl (C=O) groups excluding carboxylic acids is 1. The van der Waals surface area contributed by atoms with Crippen LogP contribution < -0.4 is 5.32 Å². The second-order valence-electron chi connectivity index (χ2n) is 6.46. The highest BCUT2D eigenvalue weighted by atomic mass is 32.2. The van der Waals surface area contributed by atoms with Crippen molar-refractivity contribution in [3.63, 3.8) is 0 Å². The zero-order valence-corrected chi connectivity index (χ0v) is 15.8. The van der Waals surface area contributed by atoms with E-state index in [2.05, 4.69) is 15.5 Å². The number of nitrogens with zero attached hydrogens (tertiary/aromatic N) is 4. The van der Waals surface area contributed by atoms with Gasteiger partial charge in [-0.25, -0.2) is 0 Å². The van der Waals surface area contributed by atoms with Crippen LogP contribution in [0.1, 0.15) is 12.0 Å². The Morgan fingerprint density at radius 1 is 1.18 bits per heavy atom. The first-order valence-electron chi connectivity index (χ1n) is 8.72. The van der Waals surface area contributed by atoms with Gasteiger partial charge in [0.15, 0.2) is 11.0 Å². The summed E-state index contributed by atoms with van der Waals surface area (Å²) in [5, 5.41) is 22.6. The fourth-order valence-electron chi connectivity index (χ4n) is 3.13. The van der Waals surface area contributed by atoms with Crippen LogP contribution in [0.3, 0.4) is 0 Å². The van der Waals surface area contributed by atoms with Gasteiger partial charge in [-0.1, -0.05) is 30.0 Å². The maximum atomic E-state index is 12.6. The molecule has 1 aromatic heterocycles. The number of non-ortho nitro benzene ring substituents is 1. The number of aryl methyl sites for hydroxylation is 1. The van der Waals surface area contributed by atoms with E-state index in [0.717, 1.165) is 23.2 Å². The summed E-state index contributed by atoms with van der Waals surface area (Å²) >= 11 is 1.38. The standard InChI is InChI=1S/C19H17N5O3S/c1-23-17(13-6-9-14(10-7-13)24(26)27)21-22-19(23)28-16-11-8-12-4-2-3-5-15(12)20-18(16)25/h2-7,9-10,16H,8,11H2,1H3,(H,20,25). The molecule has 4 rings (SSSR count). The van der Waals surface area contributed by atoms with Crippen LogP contribution in [-0.4, -0.2) is 30.8 Å². The van der Waals surface area contributed by atoms with Gasteiger partial charge in [-0.05, 0) is 36.6 Å². The summed E-state index contributed by atoms with van der Waals surface area (Å²) in [5.41, 5.74) is 2.74. The first kappa shape index (κ1) is 18.2. The fraction of sp³-hybridized carbons (Fsp3) is 0.211. The highest BCUT2D eigenvalue weighted by Gasteiger charge is 2.26. The number of nitro groups is 1. The van der Waals surface area contributed by atoms with Gasteiger partial charge in [0.2, 0.25) is 5.91 Å². The quantitative estimate of drug-likeness (QED) is 0.536. The molecule has 28 heavy (non-hydrogen) atoms. The van der Waals surface area contributed by atoms with E-state index in [-0.39, 0.29) is 16.8 Å². The summed E-state index contributed by atoms with van der Waals surface area (Å²) < 4.78 is 1.80. The molecule has 1 aliphatic heterocycles. The fourth-order valence-corrected chi connectivity index (χ4v) is 4.12. The molecule has 1 amide bonds. The normalized spacial score (nSPS) is 16.2. The molecule has 3 aromatic rings. The van der Waals surface area contributed by atoms with E-state index in [1.165, 1.54) is 23.9 Å². The van der Waals surface area contributed by atoms with Gasteiger partial charge in [0, 0.05) is 30.4 Å². The topological polar surface area (TPSA) is 103 Å². The number of carbonyl (C=O) groups is 1. The summed E-state index contributed by atoms with van der Waals surface area (Å²) in [6.45, 7) is 0. The van der Waals surface area contributed by atoms with Gasteiger partial charge < -0.3 is 9.88 Å². The number of para-hydroxylation sites is 1. The van der Waals surface area contributed by atoms with E-state index in [0.29, 0.717) is 17.4 Å². The Hall–Kier alpha value is -3.20. The maximum Gasteiger partial charge on any atom is 0.269 e. The molecule has 9 heteroatoms. The van der Waals surface area contributed by atoms with Gasteiger partial charge in [0.05, 0.1) is 10.2 Å². The van der Waals surface area contributed by atoms with E-state index < -0.39 is 4.92 Å². The predicted molar refractivity (Wildman–Crippen MR) is 106 cm³/mol. The van der Waals surface area contributed by atoms with E-state index >= 15 is 0 Å². The SMILES string of the molecule is Cn1c(SC2CCc3ccccc3NC2=O)nnc1-c1ccc([N+](=O)[O-])cc1. The minimum absolute atomic E-state index is 0.0233. The predicted octanol–water partition coefficient (Wildman–Crippen LogP) is 3.44. The lowest BCUT2D eigenvalue weighted by Crippen LogP contribution is -2.24. The maximum absolute atomic E-state index is 12.6. The average molecular weight is 395 g/mol. The highest BCUT2D eigenvalue weighted by Crippen LogP contribution is 2.32. The zero-order chi connectivity index (χ0) is 19.7. The van der Waals surface area contributed by atoms with Crippen molar-refractivity contribution in [2.75, 3.05) is 5.32 Å². The molecular weight excluding hydrogens is 378 g/mol. The number of benzene rings is 2.